The summed E-state index contributed by atoms with van der Waals surface area (Å²) < 4.78 is 4.72. The Morgan fingerprint density at radius 2 is 2.11 bits per heavy atom. The molecule has 0 aliphatic carbocycles. The van der Waals surface area contributed by atoms with Crippen molar-refractivity contribution in [2.75, 3.05) is 20.2 Å². The zero-order valence-corrected chi connectivity index (χ0v) is 11.4. The first-order chi connectivity index (χ1) is 8.60. The number of carbonyl (C=O) groups is 1. The molecule has 1 saturated heterocycles. The Morgan fingerprint density at radius 1 is 1.44 bits per heavy atom. The number of nitrogens with zero attached hydrogens (tertiary/aromatic N) is 3. The number of hydrogen-bond donors (Lipinski definition) is 0. The first kappa shape index (κ1) is 13.4. The summed E-state index contributed by atoms with van der Waals surface area (Å²) in [7, 11) is 1.37. The van der Waals surface area contributed by atoms with Gasteiger partial charge >= 0.3 is 6.09 Å². The van der Waals surface area contributed by atoms with E-state index in [2.05, 4.69) is 9.97 Å². The highest BCUT2D eigenvalue weighted by Gasteiger charge is 2.27. The van der Waals surface area contributed by atoms with Gasteiger partial charge in [0.25, 0.3) is 0 Å². The van der Waals surface area contributed by atoms with E-state index in [1.807, 2.05) is 0 Å². The molecule has 1 amide bonds. The highest BCUT2D eigenvalue weighted by Crippen LogP contribution is 2.26. The van der Waals surface area contributed by atoms with Gasteiger partial charge in [-0.05, 0) is 12.8 Å². The van der Waals surface area contributed by atoms with Crippen molar-refractivity contribution in [2.45, 2.75) is 18.8 Å². The SMILES string of the molecule is COC(=O)N1CCCC(c2nc(Cl)cc(Cl)n2)C1. The zero-order valence-electron chi connectivity index (χ0n) is 9.90. The maximum atomic E-state index is 11.5. The molecule has 2 rings (SSSR count). The lowest BCUT2D eigenvalue weighted by Crippen LogP contribution is -2.39. The Morgan fingerprint density at radius 3 is 2.72 bits per heavy atom. The van der Waals surface area contributed by atoms with E-state index in [0.29, 0.717) is 29.2 Å². The number of carbonyl (C=O) groups excluding carboxylic acids is 1. The molecule has 0 spiro atoms. The number of piperidine rings is 1. The molecule has 7 heteroatoms. The van der Waals surface area contributed by atoms with Gasteiger partial charge in [0.15, 0.2) is 0 Å². The molecule has 1 unspecified atom stereocenters. The van der Waals surface area contributed by atoms with Crippen LogP contribution in [-0.2, 0) is 4.74 Å². The fraction of sp³-hybridized carbons (Fsp3) is 0.545. The monoisotopic (exact) mass is 289 g/mol. The number of hydrogen-bond acceptors (Lipinski definition) is 4. The van der Waals surface area contributed by atoms with Gasteiger partial charge < -0.3 is 9.64 Å². The summed E-state index contributed by atoms with van der Waals surface area (Å²) in [6.45, 7) is 1.22. The van der Waals surface area contributed by atoms with Gasteiger partial charge in [-0.15, -0.1) is 0 Å². The van der Waals surface area contributed by atoms with Gasteiger partial charge in [-0.2, -0.15) is 0 Å². The third-order valence-electron chi connectivity index (χ3n) is 2.90. The normalized spacial score (nSPS) is 19.7. The summed E-state index contributed by atoms with van der Waals surface area (Å²) in [6.07, 6.45) is 1.46. The van der Waals surface area contributed by atoms with E-state index in [1.54, 1.807) is 4.90 Å². The molecule has 0 saturated carbocycles. The van der Waals surface area contributed by atoms with Gasteiger partial charge in [-0.1, -0.05) is 23.2 Å². The van der Waals surface area contributed by atoms with Crippen LogP contribution in [0.2, 0.25) is 10.3 Å². The second kappa shape index (κ2) is 5.71. The Bertz CT molecular complexity index is 436. The molecule has 1 aliphatic heterocycles. The molecule has 0 aromatic carbocycles. The van der Waals surface area contributed by atoms with E-state index in [9.17, 15) is 4.79 Å². The van der Waals surface area contributed by atoms with Crippen LogP contribution < -0.4 is 0 Å². The molecule has 2 heterocycles. The van der Waals surface area contributed by atoms with Crippen LogP contribution in [0.5, 0.6) is 0 Å². The van der Waals surface area contributed by atoms with Crippen molar-refractivity contribution in [3.05, 3.63) is 22.2 Å². The van der Waals surface area contributed by atoms with Crippen molar-refractivity contribution in [1.29, 1.82) is 0 Å². The number of amides is 1. The van der Waals surface area contributed by atoms with Crippen molar-refractivity contribution in [3.63, 3.8) is 0 Å². The lowest BCUT2D eigenvalue weighted by Gasteiger charge is -2.30. The number of ether oxygens (including phenoxy) is 1. The lowest BCUT2D eigenvalue weighted by molar-refractivity contribution is 0.110. The highest BCUT2D eigenvalue weighted by molar-refractivity contribution is 6.33. The lowest BCUT2D eigenvalue weighted by atomic mass is 9.97. The van der Waals surface area contributed by atoms with Crippen LogP contribution in [-0.4, -0.2) is 41.2 Å². The van der Waals surface area contributed by atoms with E-state index >= 15 is 0 Å². The first-order valence-electron chi connectivity index (χ1n) is 5.63. The van der Waals surface area contributed by atoms with E-state index in [-0.39, 0.29) is 12.0 Å². The fourth-order valence-electron chi connectivity index (χ4n) is 2.07. The number of rotatable bonds is 1. The molecule has 0 radical (unpaired) electrons. The minimum absolute atomic E-state index is 0.0500. The van der Waals surface area contributed by atoms with Gasteiger partial charge in [0, 0.05) is 25.1 Å². The predicted octanol–water partition coefficient (Wildman–Crippen LogP) is 2.73. The second-order valence-electron chi connectivity index (χ2n) is 4.13. The van der Waals surface area contributed by atoms with E-state index in [0.717, 1.165) is 12.8 Å². The molecule has 0 bridgehead atoms. The third kappa shape index (κ3) is 3.03. The Balaban J connectivity index is 2.15. The van der Waals surface area contributed by atoms with Gasteiger partial charge in [-0.25, -0.2) is 14.8 Å². The summed E-state index contributed by atoms with van der Waals surface area (Å²) >= 11 is 11.7. The Kier molecular flexibility index (Phi) is 4.24. The Hall–Kier alpha value is -1.07. The molecule has 0 N–H and O–H groups in total. The molecule has 18 heavy (non-hydrogen) atoms. The molecular weight excluding hydrogens is 277 g/mol. The van der Waals surface area contributed by atoms with E-state index in [1.165, 1.54) is 13.2 Å². The fourth-order valence-corrected chi connectivity index (χ4v) is 2.51. The van der Waals surface area contributed by atoms with Gasteiger partial charge in [0.2, 0.25) is 0 Å². The van der Waals surface area contributed by atoms with Crippen LogP contribution in [0.1, 0.15) is 24.6 Å². The van der Waals surface area contributed by atoms with Crippen molar-refractivity contribution >= 4 is 29.3 Å². The molecular formula is C11H13Cl2N3O2. The van der Waals surface area contributed by atoms with Crippen LogP contribution in [0.15, 0.2) is 6.07 Å². The first-order valence-corrected chi connectivity index (χ1v) is 6.38. The molecule has 1 aromatic rings. The van der Waals surface area contributed by atoms with E-state index in [4.69, 9.17) is 27.9 Å². The average Bonchev–Trinajstić information content (AvgIpc) is 2.37. The minimum Gasteiger partial charge on any atom is -0.453 e. The maximum absolute atomic E-state index is 11.5. The predicted molar refractivity (Wildman–Crippen MR) is 68.0 cm³/mol. The van der Waals surface area contributed by atoms with Gasteiger partial charge in [0.05, 0.1) is 7.11 Å². The highest BCUT2D eigenvalue weighted by atomic mass is 35.5. The number of halogens is 2. The topological polar surface area (TPSA) is 55.3 Å². The Labute approximate surface area is 115 Å². The molecule has 1 aliphatic rings. The summed E-state index contributed by atoms with van der Waals surface area (Å²) in [6, 6.07) is 1.49. The number of likely N-dealkylation sites (tertiary alicyclic amines) is 1. The molecule has 98 valence electrons. The minimum atomic E-state index is -0.326. The standard InChI is InChI=1S/C11H13Cl2N3O2/c1-18-11(17)16-4-2-3-7(6-16)10-14-8(12)5-9(13)15-10/h5,7H,2-4,6H2,1H3. The number of aromatic nitrogens is 2. The number of methoxy groups -OCH3 is 1. The summed E-state index contributed by atoms with van der Waals surface area (Å²) in [5.41, 5.74) is 0. The third-order valence-corrected chi connectivity index (χ3v) is 3.29. The maximum Gasteiger partial charge on any atom is 0.409 e. The summed E-state index contributed by atoms with van der Waals surface area (Å²) in [5, 5.41) is 0.639. The molecule has 1 fully saturated rings. The van der Waals surface area contributed by atoms with Crippen LogP contribution in [0, 0.1) is 0 Å². The largest absolute Gasteiger partial charge is 0.453 e. The smallest absolute Gasteiger partial charge is 0.409 e. The molecule has 5 nitrogen and oxygen atoms in total. The quantitative estimate of drug-likeness (QED) is 0.746. The van der Waals surface area contributed by atoms with Crippen molar-refractivity contribution in [2.24, 2.45) is 0 Å². The van der Waals surface area contributed by atoms with Crippen LogP contribution in [0.3, 0.4) is 0 Å². The van der Waals surface area contributed by atoms with Gasteiger partial charge in [-0.3, -0.25) is 0 Å². The summed E-state index contributed by atoms with van der Waals surface area (Å²) in [4.78, 5) is 21.5. The zero-order chi connectivity index (χ0) is 13.1. The van der Waals surface area contributed by atoms with Crippen LogP contribution in [0.4, 0.5) is 4.79 Å². The van der Waals surface area contributed by atoms with Crippen LogP contribution in [0.25, 0.3) is 0 Å². The second-order valence-corrected chi connectivity index (χ2v) is 4.90. The summed E-state index contributed by atoms with van der Waals surface area (Å²) in [5.74, 6) is 0.634. The van der Waals surface area contributed by atoms with Crippen molar-refractivity contribution in [1.82, 2.24) is 14.9 Å². The molecule has 1 aromatic heterocycles. The van der Waals surface area contributed by atoms with Crippen molar-refractivity contribution < 1.29 is 9.53 Å². The van der Waals surface area contributed by atoms with Gasteiger partial charge in [0.1, 0.15) is 16.1 Å². The van der Waals surface area contributed by atoms with E-state index < -0.39 is 0 Å². The molecule has 1 atom stereocenters. The van der Waals surface area contributed by atoms with Crippen LogP contribution >= 0.6 is 23.2 Å². The van der Waals surface area contributed by atoms with Crippen molar-refractivity contribution in [3.8, 4) is 0 Å². The average molecular weight is 290 g/mol.